The molecule has 3 rings (SSSR count). The maximum Gasteiger partial charge on any atom is 0.133 e. The highest BCUT2D eigenvalue weighted by molar-refractivity contribution is 5.49. The average Bonchev–Trinajstić information content (AvgIpc) is 3.27. The van der Waals surface area contributed by atoms with E-state index in [4.69, 9.17) is 0 Å². The van der Waals surface area contributed by atoms with Crippen molar-refractivity contribution >= 4 is 5.82 Å². The summed E-state index contributed by atoms with van der Waals surface area (Å²) in [4.78, 5) is 7.26. The van der Waals surface area contributed by atoms with Crippen LogP contribution >= 0.6 is 0 Å². The fourth-order valence-electron chi connectivity index (χ4n) is 2.51. The number of rotatable bonds is 7. The summed E-state index contributed by atoms with van der Waals surface area (Å²) in [5, 5.41) is 3.52. The molecule has 2 saturated carbocycles. The fourth-order valence-corrected chi connectivity index (χ4v) is 2.51. The van der Waals surface area contributed by atoms with Gasteiger partial charge in [-0.05, 0) is 37.7 Å². The van der Waals surface area contributed by atoms with Crippen LogP contribution in [-0.4, -0.2) is 23.6 Å². The second-order valence-electron chi connectivity index (χ2n) is 6.35. The van der Waals surface area contributed by atoms with Crippen LogP contribution in [0, 0.1) is 5.92 Å². The van der Waals surface area contributed by atoms with E-state index in [-0.39, 0.29) is 0 Å². The molecule has 2 fully saturated rings. The molecule has 0 spiro atoms. The number of nitrogens with one attached hydrogen (secondary N) is 1. The Morgan fingerprint density at radius 3 is 2.74 bits per heavy atom. The van der Waals surface area contributed by atoms with Gasteiger partial charge in [0.2, 0.25) is 0 Å². The van der Waals surface area contributed by atoms with Crippen molar-refractivity contribution in [3.05, 3.63) is 23.9 Å². The van der Waals surface area contributed by atoms with Gasteiger partial charge < -0.3 is 10.2 Å². The van der Waals surface area contributed by atoms with Crippen LogP contribution in [0.2, 0.25) is 0 Å². The molecule has 0 saturated heterocycles. The zero-order valence-electron chi connectivity index (χ0n) is 12.1. The van der Waals surface area contributed by atoms with Gasteiger partial charge in [-0.25, -0.2) is 4.98 Å². The first kappa shape index (κ1) is 12.9. The maximum atomic E-state index is 4.68. The molecule has 2 aliphatic rings. The number of pyridine rings is 1. The standard InChI is InChI=1S/C16H25N3/c1-12(2)18-10-14-4-3-9-17-16(14)19(15-7-8-15)11-13-5-6-13/h3-4,9,12-13,15,18H,5-8,10-11H2,1-2H3. The van der Waals surface area contributed by atoms with E-state index in [1.54, 1.807) is 0 Å². The molecule has 0 aliphatic heterocycles. The Kier molecular flexibility index (Phi) is 3.74. The molecule has 1 N–H and O–H groups in total. The second-order valence-corrected chi connectivity index (χ2v) is 6.35. The third-order valence-electron chi connectivity index (χ3n) is 3.98. The van der Waals surface area contributed by atoms with E-state index in [1.807, 2.05) is 6.20 Å². The Morgan fingerprint density at radius 1 is 1.32 bits per heavy atom. The highest BCUT2D eigenvalue weighted by Gasteiger charge is 2.35. The molecule has 0 bridgehead atoms. The first-order valence-corrected chi connectivity index (χ1v) is 7.68. The van der Waals surface area contributed by atoms with Crippen molar-refractivity contribution in [2.24, 2.45) is 5.92 Å². The number of hydrogen-bond donors (Lipinski definition) is 1. The Balaban J connectivity index is 1.76. The number of hydrogen-bond acceptors (Lipinski definition) is 3. The van der Waals surface area contributed by atoms with Crippen LogP contribution in [0.3, 0.4) is 0 Å². The fraction of sp³-hybridized carbons (Fsp3) is 0.688. The molecular formula is C16H25N3. The topological polar surface area (TPSA) is 28.2 Å². The Bertz CT molecular complexity index is 422. The average molecular weight is 259 g/mol. The van der Waals surface area contributed by atoms with Crippen LogP contribution in [0.25, 0.3) is 0 Å². The molecule has 19 heavy (non-hydrogen) atoms. The van der Waals surface area contributed by atoms with Gasteiger partial charge in [-0.1, -0.05) is 19.9 Å². The molecule has 1 aromatic rings. The van der Waals surface area contributed by atoms with Crippen LogP contribution in [0.15, 0.2) is 18.3 Å². The van der Waals surface area contributed by atoms with Crippen molar-refractivity contribution in [3.8, 4) is 0 Å². The molecular weight excluding hydrogens is 234 g/mol. The van der Waals surface area contributed by atoms with Gasteiger partial charge in [0.05, 0.1) is 0 Å². The van der Waals surface area contributed by atoms with Gasteiger partial charge in [-0.2, -0.15) is 0 Å². The van der Waals surface area contributed by atoms with Gasteiger partial charge in [0, 0.05) is 36.9 Å². The van der Waals surface area contributed by atoms with E-state index in [1.165, 1.54) is 43.6 Å². The molecule has 0 unspecified atom stereocenters. The monoisotopic (exact) mass is 259 g/mol. The summed E-state index contributed by atoms with van der Waals surface area (Å²) in [5.74, 6) is 2.15. The van der Waals surface area contributed by atoms with Crippen LogP contribution in [0.5, 0.6) is 0 Å². The van der Waals surface area contributed by atoms with E-state index in [2.05, 4.69) is 41.2 Å². The van der Waals surface area contributed by atoms with E-state index < -0.39 is 0 Å². The number of anilines is 1. The number of aromatic nitrogens is 1. The third-order valence-corrected chi connectivity index (χ3v) is 3.98. The summed E-state index contributed by atoms with van der Waals surface area (Å²) in [6.45, 7) is 6.53. The highest BCUT2D eigenvalue weighted by Crippen LogP contribution is 2.37. The van der Waals surface area contributed by atoms with Crippen molar-refractivity contribution in [2.45, 2.75) is 58.2 Å². The largest absolute Gasteiger partial charge is 0.353 e. The quantitative estimate of drug-likeness (QED) is 0.816. The van der Waals surface area contributed by atoms with Crippen LogP contribution in [-0.2, 0) is 6.54 Å². The zero-order valence-corrected chi connectivity index (χ0v) is 12.1. The van der Waals surface area contributed by atoms with E-state index in [0.717, 1.165) is 18.5 Å². The van der Waals surface area contributed by atoms with Crippen molar-refractivity contribution < 1.29 is 0 Å². The molecule has 0 radical (unpaired) electrons. The van der Waals surface area contributed by atoms with Crippen molar-refractivity contribution in [2.75, 3.05) is 11.4 Å². The van der Waals surface area contributed by atoms with Crippen molar-refractivity contribution in [1.82, 2.24) is 10.3 Å². The predicted octanol–water partition coefficient (Wildman–Crippen LogP) is 2.96. The summed E-state index contributed by atoms with van der Waals surface area (Å²) in [6.07, 6.45) is 7.46. The molecule has 0 amide bonds. The van der Waals surface area contributed by atoms with Crippen LogP contribution in [0.1, 0.15) is 45.1 Å². The molecule has 2 aliphatic carbocycles. The van der Waals surface area contributed by atoms with E-state index in [0.29, 0.717) is 6.04 Å². The molecule has 104 valence electrons. The molecule has 1 aromatic heterocycles. The van der Waals surface area contributed by atoms with Gasteiger partial charge in [-0.15, -0.1) is 0 Å². The maximum absolute atomic E-state index is 4.68. The van der Waals surface area contributed by atoms with Gasteiger partial charge in [0.15, 0.2) is 0 Å². The minimum absolute atomic E-state index is 0.519. The molecule has 3 heteroatoms. The lowest BCUT2D eigenvalue weighted by atomic mass is 10.2. The van der Waals surface area contributed by atoms with Gasteiger partial charge in [0.1, 0.15) is 5.82 Å². The molecule has 3 nitrogen and oxygen atoms in total. The minimum Gasteiger partial charge on any atom is -0.353 e. The summed E-state index contributed by atoms with van der Waals surface area (Å²) >= 11 is 0. The SMILES string of the molecule is CC(C)NCc1cccnc1N(CC1CC1)C1CC1. The highest BCUT2D eigenvalue weighted by atomic mass is 15.2. The van der Waals surface area contributed by atoms with Crippen molar-refractivity contribution in [3.63, 3.8) is 0 Å². The van der Waals surface area contributed by atoms with Crippen molar-refractivity contribution in [1.29, 1.82) is 0 Å². The van der Waals surface area contributed by atoms with E-state index in [9.17, 15) is 0 Å². The first-order chi connectivity index (χ1) is 9.24. The first-order valence-electron chi connectivity index (χ1n) is 7.68. The normalized spacial score (nSPS) is 18.9. The van der Waals surface area contributed by atoms with Gasteiger partial charge >= 0.3 is 0 Å². The third kappa shape index (κ3) is 3.47. The summed E-state index contributed by atoms with van der Waals surface area (Å²) in [6, 6.07) is 5.56. The molecule has 0 atom stereocenters. The zero-order chi connectivity index (χ0) is 13.2. The van der Waals surface area contributed by atoms with Crippen LogP contribution in [0.4, 0.5) is 5.82 Å². The lowest BCUT2D eigenvalue weighted by molar-refractivity contribution is 0.585. The van der Waals surface area contributed by atoms with E-state index >= 15 is 0 Å². The van der Waals surface area contributed by atoms with Crippen LogP contribution < -0.4 is 10.2 Å². The summed E-state index contributed by atoms with van der Waals surface area (Å²) in [5.41, 5.74) is 1.35. The Hall–Kier alpha value is -1.09. The lowest BCUT2D eigenvalue weighted by Crippen LogP contribution is -2.31. The Morgan fingerprint density at radius 2 is 2.11 bits per heavy atom. The van der Waals surface area contributed by atoms with Gasteiger partial charge in [-0.3, -0.25) is 0 Å². The summed E-state index contributed by atoms with van der Waals surface area (Å²) in [7, 11) is 0. The smallest absolute Gasteiger partial charge is 0.133 e. The predicted molar refractivity (Wildman–Crippen MR) is 79.3 cm³/mol. The Labute approximate surface area is 116 Å². The molecule has 1 heterocycles. The lowest BCUT2D eigenvalue weighted by Gasteiger charge is -2.26. The number of nitrogens with zero attached hydrogens (tertiary/aromatic N) is 2. The summed E-state index contributed by atoms with van der Waals surface area (Å²) < 4.78 is 0. The minimum atomic E-state index is 0.519. The van der Waals surface area contributed by atoms with Gasteiger partial charge in [0.25, 0.3) is 0 Å². The second kappa shape index (κ2) is 5.49. The molecule has 0 aromatic carbocycles.